The molecular weight excluding hydrogens is 530 g/mol. The van der Waals surface area contributed by atoms with Gasteiger partial charge in [0.05, 0.1) is 13.7 Å². The molecule has 8 heteroatoms. The second-order valence-electron chi connectivity index (χ2n) is 12.4. The van der Waals surface area contributed by atoms with E-state index in [2.05, 4.69) is 48.3 Å². The fourth-order valence-corrected chi connectivity index (χ4v) is 6.50. The monoisotopic (exact) mass is 577 g/mol. The van der Waals surface area contributed by atoms with Crippen molar-refractivity contribution in [2.45, 2.75) is 58.0 Å². The highest BCUT2D eigenvalue weighted by Gasteiger charge is 2.41. The first-order chi connectivity index (χ1) is 20.4. The number of amides is 2. The van der Waals surface area contributed by atoms with Gasteiger partial charge in [0.15, 0.2) is 11.5 Å². The summed E-state index contributed by atoms with van der Waals surface area (Å²) in [4.78, 5) is 31.8. The number of hydrogen-bond donors (Lipinski definition) is 1. The topological polar surface area (TPSA) is 80.3 Å². The Labute approximate surface area is 250 Å². The summed E-state index contributed by atoms with van der Waals surface area (Å²) < 4.78 is 16.5. The van der Waals surface area contributed by atoms with E-state index in [1.807, 2.05) is 11.0 Å². The number of fused-ring (bicyclic) bond motifs is 1. The number of hydrogen-bond acceptors (Lipinski definition) is 6. The zero-order valence-corrected chi connectivity index (χ0v) is 25.6. The van der Waals surface area contributed by atoms with Crippen LogP contribution in [0.15, 0.2) is 42.5 Å². The van der Waals surface area contributed by atoms with E-state index in [0.717, 1.165) is 51.7 Å². The van der Waals surface area contributed by atoms with Gasteiger partial charge in [0.25, 0.3) is 5.91 Å². The first kappa shape index (κ1) is 30.4. The predicted octanol–water partition coefficient (Wildman–Crippen LogP) is 4.20. The molecule has 2 aliphatic carbocycles. The molecule has 42 heavy (non-hydrogen) atoms. The molecule has 0 unspecified atom stereocenters. The van der Waals surface area contributed by atoms with Gasteiger partial charge < -0.3 is 29.3 Å². The van der Waals surface area contributed by atoms with Crippen molar-refractivity contribution in [1.82, 2.24) is 15.1 Å². The van der Waals surface area contributed by atoms with Crippen LogP contribution in [-0.4, -0.2) is 87.3 Å². The summed E-state index contributed by atoms with van der Waals surface area (Å²) in [7, 11) is 3.27. The molecule has 228 valence electrons. The van der Waals surface area contributed by atoms with Gasteiger partial charge >= 0.3 is 0 Å². The highest BCUT2D eigenvalue weighted by Crippen LogP contribution is 2.35. The Hall–Kier alpha value is -3.10. The first-order valence-corrected chi connectivity index (χ1v) is 15.6. The zero-order valence-electron chi connectivity index (χ0n) is 25.6. The van der Waals surface area contributed by atoms with Gasteiger partial charge in [0, 0.05) is 69.9 Å². The first-order valence-electron chi connectivity index (χ1n) is 15.6. The smallest absolute Gasteiger partial charge is 0.254 e. The highest BCUT2D eigenvalue weighted by molar-refractivity contribution is 5.95. The summed E-state index contributed by atoms with van der Waals surface area (Å²) in [6, 6.07) is 14.3. The second-order valence-corrected chi connectivity index (χ2v) is 12.4. The van der Waals surface area contributed by atoms with Gasteiger partial charge in [-0.15, -0.1) is 0 Å². The summed E-state index contributed by atoms with van der Waals surface area (Å²) in [6.07, 6.45) is 4.64. The molecule has 0 bridgehead atoms. The molecule has 2 amide bonds. The van der Waals surface area contributed by atoms with Crippen LogP contribution in [-0.2, 0) is 22.4 Å². The maximum absolute atomic E-state index is 13.9. The van der Waals surface area contributed by atoms with Crippen LogP contribution in [0.1, 0.15) is 54.6 Å². The standard InChI is InChI=1S/C34H47N3O5/c1-23(2)36(33(38)26-10-13-31(41-4)32(18-26)42-15-7-14-40-3)21-28-19-35-20-29(28)22-37(30-11-12-30)34(39)27-16-24-8-5-6-9-25(24)17-27/h5-6,8-10,13,18,23,27-30,35H,7,11-12,14-17,19-22H2,1-4H3/t28-,29-/m0/s1. The van der Waals surface area contributed by atoms with Gasteiger partial charge in [0.1, 0.15) is 0 Å². The largest absolute Gasteiger partial charge is 0.493 e. The normalized spacial score (nSPS) is 20.0. The van der Waals surface area contributed by atoms with E-state index in [0.29, 0.717) is 54.7 Å². The number of methoxy groups -OCH3 is 2. The summed E-state index contributed by atoms with van der Waals surface area (Å²) >= 11 is 0. The fourth-order valence-electron chi connectivity index (χ4n) is 6.50. The van der Waals surface area contributed by atoms with Gasteiger partial charge in [-0.2, -0.15) is 0 Å². The minimum absolute atomic E-state index is 0.0149. The van der Waals surface area contributed by atoms with Crippen LogP contribution in [0.4, 0.5) is 0 Å². The molecule has 0 spiro atoms. The Morgan fingerprint density at radius 2 is 1.62 bits per heavy atom. The van der Waals surface area contributed by atoms with Gasteiger partial charge in [0.2, 0.25) is 5.91 Å². The number of rotatable bonds is 14. The number of nitrogens with one attached hydrogen (secondary N) is 1. The van der Waals surface area contributed by atoms with E-state index in [1.165, 1.54) is 11.1 Å². The van der Waals surface area contributed by atoms with Crippen LogP contribution in [0, 0.1) is 17.8 Å². The molecule has 5 rings (SSSR count). The third-order valence-corrected chi connectivity index (χ3v) is 9.06. The molecule has 2 aromatic rings. The van der Waals surface area contributed by atoms with Crippen molar-refractivity contribution in [3.63, 3.8) is 0 Å². The van der Waals surface area contributed by atoms with E-state index in [9.17, 15) is 9.59 Å². The molecule has 1 saturated heterocycles. The molecule has 0 radical (unpaired) electrons. The van der Waals surface area contributed by atoms with E-state index < -0.39 is 0 Å². The SMILES string of the molecule is COCCCOc1cc(C(=O)N(C[C@@H]2CNC[C@H]2CN(C(=O)C2Cc3ccccc3C2)C2CC2)C(C)C)ccc1OC. The summed E-state index contributed by atoms with van der Waals surface area (Å²) in [5, 5.41) is 3.57. The molecule has 0 aromatic heterocycles. The maximum Gasteiger partial charge on any atom is 0.254 e. The molecule has 1 N–H and O–H groups in total. The third kappa shape index (κ3) is 7.09. The molecule has 3 aliphatic rings. The summed E-state index contributed by atoms with van der Waals surface area (Å²) in [5.74, 6) is 2.10. The Balaban J connectivity index is 1.25. The number of carbonyl (C=O) groups is 2. The van der Waals surface area contributed by atoms with E-state index in [4.69, 9.17) is 14.2 Å². The number of benzene rings is 2. The van der Waals surface area contributed by atoms with Crippen LogP contribution in [0.2, 0.25) is 0 Å². The minimum atomic E-state index is -0.0149. The quantitative estimate of drug-likeness (QED) is 0.339. The van der Waals surface area contributed by atoms with Gasteiger partial charge in [-0.1, -0.05) is 24.3 Å². The zero-order chi connectivity index (χ0) is 29.6. The molecular formula is C34H47N3O5. The lowest BCUT2D eigenvalue weighted by Gasteiger charge is -2.34. The van der Waals surface area contributed by atoms with Gasteiger partial charge in [-0.25, -0.2) is 0 Å². The Morgan fingerprint density at radius 3 is 2.24 bits per heavy atom. The minimum Gasteiger partial charge on any atom is -0.493 e. The Bertz CT molecular complexity index is 1200. The van der Waals surface area contributed by atoms with Crippen LogP contribution in [0.5, 0.6) is 11.5 Å². The van der Waals surface area contributed by atoms with Gasteiger partial charge in [-0.05, 0) is 80.7 Å². The molecule has 8 nitrogen and oxygen atoms in total. The van der Waals surface area contributed by atoms with Crippen LogP contribution >= 0.6 is 0 Å². The molecule has 2 aromatic carbocycles. The Kier molecular flexibility index (Phi) is 10.1. The van der Waals surface area contributed by atoms with Gasteiger partial charge in [-0.3, -0.25) is 9.59 Å². The molecule has 2 fully saturated rings. The molecule has 2 atom stereocenters. The molecule has 1 heterocycles. The Morgan fingerprint density at radius 1 is 0.929 bits per heavy atom. The van der Waals surface area contributed by atoms with Crippen molar-refractivity contribution in [3.8, 4) is 11.5 Å². The van der Waals surface area contributed by atoms with Crippen LogP contribution in [0.25, 0.3) is 0 Å². The van der Waals surface area contributed by atoms with E-state index in [-0.39, 0.29) is 23.8 Å². The average Bonchev–Trinajstić information content (AvgIpc) is 3.59. The predicted molar refractivity (Wildman–Crippen MR) is 163 cm³/mol. The lowest BCUT2D eigenvalue weighted by atomic mass is 9.93. The van der Waals surface area contributed by atoms with Crippen molar-refractivity contribution in [1.29, 1.82) is 0 Å². The van der Waals surface area contributed by atoms with Crippen molar-refractivity contribution >= 4 is 11.8 Å². The van der Waals surface area contributed by atoms with E-state index >= 15 is 0 Å². The maximum atomic E-state index is 13.9. The van der Waals surface area contributed by atoms with Crippen LogP contribution in [0.3, 0.4) is 0 Å². The third-order valence-electron chi connectivity index (χ3n) is 9.06. The number of ether oxygens (including phenoxy) is 3. The molecule has 1 saturated carbocycles. The van der Waals surface area contributed by atoms with Crippen molar-refractivity contribution in [2.24, 2.45) is 17.8 Å². The number of nitrogens with zero attached hydrogens (tertiary/aromatic N) is 2. The summed E-state index contributed by atoms with van der Waals surface area (Å²) in [5.41, 5.74) is 3.23. The second kappa shape index (κ2) is 13.9. The van der Waals surface area contributed by atoms with E-state index in [1.54, 1.807) is 26.4 Å². The highest BCUT2D eigenvalue weighted by atomic mass is 16.5. The lowest BCUT2D eigenvalue weighted by molar-refractivity contribution is -0.136. The lowest BCUT2D eigenvalue weighted by Crippen LogP contribution is -2.46. The van der Waals surface area contributed by atoms with Crippen molar-refractivity contribution in [2.75, 3.05) is 53.6 Å². The van der Waals surface area contributed by atoms with Crippen molar-refractivity contribution in [3.05, 3.63) is 59.2 Å². The number of carbonyl (C=O) groups excluding carboxylic acids is 2. The van der Waals surface area contributed by atoms with Crippen molar-refractivity contribution < 1.29 is 23.8 Å². The summed E-state index contributed by atoms with van der Waals surface area (Å²) in [6.45, 7) is 8.35. The van der Waals surface area contributed by atoms with Crippen LogP contribution < -0.4 is 14.8 Å². The average molecular weight is 578 g/mol. The molecule has 1 aliphatic heterocycles. The fraction of sp³-hybridized carbons (Fsp3) is 0.588.